The van der Waals surface area contributed by atoms with Crippen molar-refractivity contribution >= 4 is 21.9 Å². The van der Waals surface area contributed by atoms with E-state index in [2.05, 4.69) is 0 Å². The maximum absolute atomic E-state index is 12.3. The van der Waals surface area contributed by atoms with Gasteiger partial charge in [0, 0.05) is 6.26 Å². The summed E-state index contributed by atoms with van der Waals surface area (Å²) in [7, 11) is -3.29. The third kappa shape index (κ3) is 3.09. The highest BCUT2D eigenvalue weighted by atomic mass is 32.2. The fourth-order valence-corrected chi connectivity index (χ4v) is 4.69. The summed E-state index contributed by atoms with van der Waals surface area (Å²) in [5.74, 6) is -1.11. The lowest BCUT2D eigenvalue weighted by Crippen LogP contribution is -2.29. The van der Waals surface area contributed by atoms with Crippen molar-refractivity contribution in [2.75, 3.05) is 6.26 Å². The Morgan fingerprint density at radius 3 is 2.41 bits per heavy atom. The van der Waals surface area contributed by atoms with E-state index in [0.29, 0.717) is 6.42 Å². The van der Waals surface area contributed by atoms with Gasteiger partial charge in [-0.1, -0.05) is 42.8 Å². The minimum Gasteiger partial charge on any atom is -0.481 e. The van der Waals surface area contributed by atoms with Gasteiger partial charge in [-0.3, -0.25) is 4.79 Å². The predicted octanol–water partition coefficient (Wildman–Crippen LogP) is 3.31. The molecule has 0 amide bonds. The fourth-order valence-electron chi connectivity index (χ4n) is 3.10. The third-order valence-electron chi connectivity index (χ3n) is 4.37. The molecule has 1 aliphatic carbocycles. The van der Waals surface area contributed by atoms with E-state index in [-0.39, 0.29) is 5.92 Å². The molecule has 2 atom stereocenters. The fraction of sp³-hybridized carbons (Fsp3) is 0.471. The average Bonchev–Trinajstić information content (AvgIpc) is 2.37. The van der Waals surface area contributed by atoms with E-state index < -0.39 is 26.5 Å². The highest BCUT2D eigenvalue weighted by molar-refractivity contribution is 7.91. The molecule has 0 radical (unpaired) electrons. The number of hydrogen-bond acceptors (Lipinski definition) is 3. The molecular weight excluding hydrogens is 300 g/mol. The van der Waals surface area contributed by atoms with E-state index in [1.165, 1.54) is 6.26 Å². The molecule has 0 spiro atoms. The lowest BCUT2D eigenvalue weighted by molar-refractivity contribution is -0.146. The van der Waals surface area contributed by atoms with Crippen molar-refractivity contribution in [2.24, 2.45) is 11.3 Å². The van der Waals surface area contributed by atoms with Crippen LogP contribution < -0.4 is 0 Å². The molecule has 0 aromatic heterocycles. The second kappa shape index (κ2) is 5.54. The van der Waals surface area contributed by atoms with Crippen molar-refractivity contribution in [1.29, 1.82) is 0 Å². The number of fused-ring (bicyclic) bond motifs is 1. The molecule has 0 saturated carbocycles. The number of hydrogen-bond donors (Lipinski definition) is 1. The number of allylic oxidation sites excluding steroid dienone is 1. The van der Waals surface area contributed by atoms with E-state index >= 15 is 0 Å². The number of sulfone groups is 1. The van der Waals surface area contributed by atoms with Crippen LogP contribution in [0.1, 0.15) is 43.6 Å². The number of carbonyl (C=O) groups is 1. The van der Waals surface area contributed by atoms with E-state index in [1.54, 1.807) is 13.8 Å². The largest absolute Gasteiger partial charge is 0.481 e. The van der Waals surface area contributed by atoms with Gasteiger partial charge in [0.25, 0.3) is 0 Å². The summed E-state index contributed by atoms with van der Waals surface area (Å²) >= 11 is 0. The molecule has 1 aromatic carbocycles. The summed E-state index contributed by atoms with van der Waals surface area (Å²) in [6.45, 7) is 5.20. The first-order valence-electron chi connectivity index (χ1n) is 7.25. The summed E-state index contributed by atoms with van der Waals surface area (Å²) < 4.78 is 24.5. The SMILES string of the molecule is C[C@@H]1C(CC(C)(C)C(=O)O)=Cc2ccccc2C1S(C)(=O)=O. The van der Waals surface area contributed by atoms with E-state index in [1.807, 2.05) is 37.3 Å². The van der Waals surface area contributed by atoms with Crippen molar-refractivity contribution in [3.05, 3.63) is 41.0 Å². The molecule has 1 aromatic rings. The van der Waals surface area contributed by atoms with Crippen molar-refractivity contribution in [1.82, 2.24) is 0 Å². The summed E-state index contributed by atoms with van der Waals surface area (Å²) in [5.41, 5.74) is 1.62. The Morgan fingerprint density at radius 1 is 1.27 bits per heavy atom. The number of carboxylic acid groups (broad SMARTS) is 1. The highest BCUT2D eigenvalue weighted by Gasteiger charge is 2.38. The standard InChI is InChI=1S/C17H22O4S/c1-11-13(10-17(2,3)16(18)19)9-12-7-5-6-8-14(12)15(11)22(4,20)21/h5-9,11,15H,10H2,1-4H3,(H,18,19)/t11-,15?/m1/s1. The molecule has 5 heteroatoms. The van der Waals surface area contributed by atoms with Crippen LogP contribution in [0, 0.1) is 11.3 Å². The van der Waals surface area contributed by atoms with Crippen molar-refractivity contribution in [2.45, 2.75) is 32.4 Å². The van der Waals surface area contributed by atoms with Crippen LogP contribution in [0.2, 0.25) is 0 Å². The normalized spacial score (nSPS) is 21.9. The highest BCUT2D eigenvalue weighted by Crippen LogP contribution is 2.44. The Balaban J connectivity index is 2.54. The van der Waals surface area contributed by atoms with E-state index in [0.717, 1.165) is 16.7 Å². The summed E-state index contributed by atoms with van der Waals surface area (Å²) in [6, 6.07) is 7.43. The zero-order chi connectivity index (χ0) is 16.7. The van der Waals surface area contributed by atoms with Gasteiger partial charge in [-0.2, -0.15) is 0 Å². The maximum atomic E-state index is 12.3. The Kier molecular flexibility index (Phi) is 4.22. The predicted molar refractivity (Wildman–Crippen MR) is 87.2 cm³/mol. The topological polar surface area (TPSA) is 71.4 Å². The molecule has 1 aliphatic rings. The Bertz CT molecular complexity index is 729. The molecule has 0 bridgehead atoms. The minimum atomic E-state index is -3.29. The number of benzene rings is 1. The molecule has 2 rings (SSSR count). The lowest BCUT2D eigenvalue weighted by atomic mass is 9.76. The molecule has 0 fully saturated rings. The smallest absolute Gasteiger partial charge is 0.309 e. The molecule has 0 saturated heterocycles. The van der Waals surface area contributed by atoms with Gasteiger partial charge in [-0.25, -0.2) is 8.42 Å². The first kappa shape index (κ1) is 16.7. The van der Waals surface area contributed by atoms with Gasteiger partial charge < -0.3 is 5.11 Å². The van der Waals surface area contributed by atoms with Crippen LogP contribution in [-0.2, 0) is 14.6 Å². The van der Waals surface area contributed by atoms with Crippen LogP contribution >= 0.6 is 0 Å². The zero-order valence-electron chi connectivity index (χ0n) is 13.3. The number of carboxylic acids is 1. The van der Waals surface area contributed by atoms with Crippen LogP contribution in [0.3, 0.4) is 0 Å². The molecule has 120 valence electrons. The summed E-state index contributed by atoms with van der Waals surface area (Å²) in [6.07, 6.45) is 3.53. The van der Waals surface area contributed by atoms with Crippen LogP contribution in [0.4, 0.5) is 0 Å². The molecule has 1 unspecified atom stereocenters. The summed E-state index contributed by atoms with van der Waals surface area (Å²) in [4.78, 5) is 11.4. The third-order valence-corrected chi connectivity index (χ3v) is 5.95. The number of rotatable bonds is 4. The second-order valence-electron chi connectivity index (χ2n) is 6.75. The lowest BCUT2D eigenvalue weighted by Gasteiger charge is -2.33. The van der Waals surface area contributed by atoms with Crippen molar-refractivity contribution in [3.63, 3.8) is 0 Å². The second-order valence-corrected chi connectivity index (χ2v) is 8.92. The molecule has 0 heterocycles. The molecule has 22 heavy (non-hydrogen) atoms. The first-order chi connectivity index (χ1) is 10.0. The number of aliphatic carboxylic acids is 1. The van der Waals surface area contributed by atoms with E-state index in [9.17, 15) is 18.3 Å². The van der Waals surface area contributed by atoms with Crippen LogP contribution in [0.5, 0.6) is 0 Å². The Hall–Kier alpha value is -1.62. The van der Waals surface area contributed by atoms with E-state index in [4.69, 9.17) is 0 Å². The van der Waals surface area contributed by atoms with Gasteiger partial charge in [-0.05, 0) is 37.3 Å². The van der Waals surface area contributed by atoms with Gasteiger partial charge in [0.15, 0.2) is 9.84 Å². The van der Waals surface area contributed by atoms with Gasteiger partial charge in [0.05, 0.1) is 10.7 Å². The monoisotopic (exact) mass is 322 g/mol. The molecule has 0 aliphatic heterocycles. The zero-order valence-corrected chi connectivity index (χ0v) is 14.1. The Labute approximate surface area is 131 Å². The van der Waals surface area contributed by atoms with Crippen molar-refractivity contribution < 1.29 is 18.3 Å². The molecular formula is C17H22O4S. The van der Waals surface area contributed by atoms with Gasteiger partial charge >= 0.3 is 5.97 Å². The Morgan fingerprint density at radius 2 is 1.86 bits per heavy atom. The van der Waals surface area contributed by atoms with Crippen LogP contribution in [0.15, 0.2) is 29.8 Å². The quantitative estimate of drug-likeness (QED) is 0.923. The van der Waals surface area contributed by atoms with Gasteiger partial charge in [0.2, 0.25) is 0 Å². The van der Waals surface area contributed by atoms with Crippen LogP contribution in [0.25, 0.3) is 6.08 Å². The van der Waals surface area contributed by atoms with Crippen molar-refractivity contribution in [3.8, 4) is 0 Å². The van der Waals surface area contributed by atoms with Crippen LogP contribution in [-0.4, -0.2) is 25.7 Å². The average molecular weight is 322 g/mol. The molecule has 4 nitrogen and oxygen atoms in total. The maximum Gasteiger partial charge on any atom is 0.309 e. The van der Waals surface area contributed by atoms with Gasteiger partial charge in [-0.15, -0.1) is 0 Å². The molecule has 1 N–H and O–H groups in total. The first-order valence-corrected chi connectivity index (χ1v) is 9.21. The minimum absolute atomic E-state index is 0.233. The summed E-state index contributed by atoms with van der Waals surface area (Å²) in [5, 5.41) is 8.72. The van der Waals surface area contributed by atoms with Gasteiger partial charge in [0.1, 0.15) is 0 Å².